The van der Waals surface area contributed by atoms with E-state index in [4.69, 9.17) is 27.3 Å². The molecule has 0 radical (unpaired) electrons. The number of ketones is 2. The number of aromatic nitrogens is 8. The molecule has 0 aromatic carbocycles. The summed E-state index contributed by atoms with van der Waals surface area (Å²) in [5.74, 6) is 0.275. The maximum absolute atomic E-state index is 12.8. The van der Waals surface area contributed by atoms with E-state index in [1.165, 1.54) is 30.6 Å². The number of carbonyl (C=O) groups excluding carboxylic acids is 3. The quantitative estimate of drug-likeness (QED) is 0.0303. The van der Waals surface area contributed by atoms with Crippen molar-refractivity contribution in [3.63, 3.8) is 0 Å². The summed E-state index contributed by atoms with van der Waals surface area (Å²) in [4.78, 5) is 71.4. The first-order valence-corrected chi connectivity index (χ1v) is 29.6. The number of rotatable bonds is 16. The molecule has 0 unspecified atom stereocenters. The number of nitrogens with zero attached hydrogens (tertiary/aromatic N) is 8. The Kier molecular flexibility index (Phi) is 17.8. The average Bonchev–Trinajstić information content (AvgIpc) is 4.13. The lowest BCUT2D eigenvalue weighted by molar-refractivity contribution is -0.156. The van der Waals surface area contributed by atoms with Crippen LogP contribution in [0.5, 0.6) is 0 Å². The summed E-state index contributed by atoms with van der Waals surface area (Å²) >= 11 is 0. The van der Waals surface area contributed by atoms with Crippen molar-refractivity contribution in [1.29, 1.82) is 5.26 Å². The second-order valence-corrected chi connectivity index (χ2v) is 24.8. The third-order valence-electron chi connectivity index (χ3n) is 13.3. The van der Waals surface area contributed by atoms with Crippen molar-refractivity contribution in [3.8, 4) is 28.6 Å². The Morgan fingerprint density at radius 1 is 0.713 bits per heavy atom. The van der Waals surface area contributed by atoms with E-state index in [-0.39, 0.29) is 62.6 Å². The molecule has 8 aromatic heterocycles. The summed E-state index contributed by atoms with van der Waals surface area (Å²) < 4.78 is 52.5. The lowest BCUT2D eigenvalue weighted by Gasteiger charge is -2.37. The highest BCUT2D eigenvalue weighted by Crippen LogP contribution is 2.40. The summed E-state index contributed by atoms with van der Waals surface area (Å²) in [5, 5.41) is 17.8. The summed E-state index contributed by atoms with van der Waals surface area (Å²) in [6, 6.07) is 18.6. The van der Waals surface area contributed by atoms with Crippen molar-refractivity contribution in [2.45, 2.75) is 107 Å². The molecule has 0 aliphatic heterocycles. The van der Waals surface area contributed by atoms with E-state index in [0.717, 1.165) is 63.5 Å². The Bertz CT molecular complexity index is 3930. The zero-order chi connectivity index (χ0) is 57.4. The third-order valence-corrected chi connectivity index (χ3v) is 16.3. The molecule has 23 heteroatoms. The number of nitriles is 1. The number of anilines is 2. The monoisotopic (exact) mass is 1140 g/mol. The first kappa shape index (κ1) is 57.7. The Balaban J connectivity index is 0.000000175. The van der Waals surface area contributed by atoms with Gasteiger partial charge in [0.15, 0.2) is 37.1 Å². The van der Waals surface area contributed by atoms with Gasteiger partial charge in [-0.1, -0.05) is 13.8 Å². The molecule has 80 heavy (non-hydrogen) atoms. The molecular formula is C57H57ClN12O8S2. The zero-order valence-electron chi connectivity index (χ0n) is 44.4. The number of nitrogens with one attached hydrogen (secondary N) is 4. The average molecular weight is 1140 g/mol. The molecule has 412 valence electrons. The minimum Gasteiger partial charge on any atom is -0.460 e. The fourth-order valence-corrected chi connectivity index (χ4v) is 11.6. The highest BCUT2D eigenvalue weighted by atomic mass is 35.7. The van der Waals surface area contributed by atoms with Gasteiger partial charge < -0.3 is 25.3 Å². The van der Waals surface area contributed by atoms with E-state index in [1.807, 2.05) is 71.3 Å². The number of Topliss-reactive ketones (excluding diaryl/α,β-unsaturated/α-hetero) is 2. The number of hydrogen-bond donors (Lipinski definition) is 4. The van der Waals surface area contributed by atoms with Gasteiger partial charge in [0.2, 0.25) is 0 Å². The van der Waals surface area contributed by atoms with Crippen molar-refractivity contribution in [2.24, 2.45) is 11.8 Å². The number of carbonyl (C=O) groups is 3. The summed E-state index contributed by atoms with van der Waals surface area (Å²) in [6.45, 7) is 16.0. The molecule has 8 aromatic rings. The van der Waals surface area contributed by atoms with E-state index in [9.17, 15) is 31.2 Å². The minimum atomic E-state index is -3.82. The van der Waals surface area contributed by atoms with Crippen molar-refractivity contribution in [2.75, 3.05) is 16.4 Å². The predicted octanol–water partition coefficient (Wildman–Crippen LogP) is 10.8. The summed E-state index contributed by atoms with van der Waals surface area (Å²) in [7, 11) is -2.41. The largest absolute Gasteiger partial charge is 0.460 e. The van der Waals surface area contributed by atoms with Crippen LogP contribution >= 0.6 is 10.7 Å². The van der Waals surface area contributed by atoms with Gasteiger partial charge in [-0.05, 0) is 119 Å². The fourth-order valence-electron chi connectivity index (χ4n) is 9.31. The zero-order valence-corrected chi connectivity index (χ0v) is 46.8. The van der Waals surface area contributed by atoms with E-state index < -0.39 is 24.5 Å². The highest BCUT2D eigenvalue weighted by Gasteiger charge is 2.36. The molecule has 2 aliphatic carbocycles. The van der Waals surface area contributed by atoms with Gasteiger partial charge in [-0.2, -0.15) is 5.26 Å². The molecular weight excluding hydrogens is 1080 g/mol. The first-order valence-electron chi connectivity index (χ1n) is 25.7. The van der Waals surface area contributed by atoms with Crippen LogP contribution in [0.25, 0.3) is 49.4 Å². The molecule has 20 nitrogen and oxygen atoms in total. The van der Waals surface area contributed by atoms with Crippen molar-refractivity contribution in [1.82, 2.24) is 39.9 Å². The molecule has 0 bridgehead atoms. The molecule has 2 fully saturated rings. The standard InChI is InChI=1S/C26H24N6O3S.C25H30N4O3.C6H3ClN2O2S/c1-2-23(33)18-4-7-28-22(12-18)21-14-31-26-20(5-8-30-26)25(21)32-19-9-17(10-19)15-36(34,35)24-11-16(13-27)3-6-29-24;1-5-21(30)16-6-8-26-20(13-16)19-14-28-24-18(7-9-27-24)23(19)29-17-10-15(11-17)12-22(31)32-25(2,3)4;1-8-5-2-3-9-6(4-5)12(7,10)11/h3-8,11-12,14,17,19H,2,9-10,15H2,1H3,(H2,30,31,32);6-9,13-15,17H,5,10-12H2,1-4H3,(H2,27,28,29);2-4H. The van der Waals surface area contributed by atoms with Gasteiger partial charge in [0.25, 0.3) is 9.05 Å². The number of hydrogen-bond acceptors (Lipinski definition) is 17. The molecule has 8 heterocycles. The molecule has 2 aliphatic rings. The summed E-state index contributed by atoms with van der Waals surface area (Å²) in [5.41, 5.74) is 7.59. The third kappa shape index (κ3) is 14.2. The van der Waals surface area contributed by atoms with Crippen LogP contribution in [0.1, 0.15) is 106 Å². The Morgan fingerprint density at radius 3 is 1.70 bits per heavy atom. The second kappa shape index (κ2) is 24.7. The maximum Gasteiger partial charge on any atom is 0.306 e. The highest BCUT2D eigenvalue weighted by molar-refractivity contribution is 8.13. The summed E-state index contributed by atoms with van der Waals surface area (Å²) in [6.07, 6.45) is 17.5. The second-order valence-electron chi connectivity index (χ2n) is 20.3. The van der Waals surface area contributed by atoms with E-state index in [1.54, 1.807) is 43.0 Å². The Morgan fingerprint density at radius 2 is 1.21 bits per heavy atom. The first-order chi connectivity index (χ1) is 38.1. The van der Waals surface area contributed by atoms with Crippen LogP contribution in [-0.2, 0) is 28.4 Å². The van der Waals surface area contributed by atoms with Crippen LogP contribution in [0.2, 0.25) is 0 Å². The minimum absolute atomic E-state index is 0.0153. The normalized spacial score (nSPS) is 16.7. The van der Waals surface area contributed by atoms with E-state index >= 15 is 0 Å². The van der Waals surface area contributed by atoms with Crippen molar-refractivity contribution >= 4 is 86.2 Å². The van der Waals surface area contributed by atoms with Gasteiger partial charge in [-0.25, -0.2) is 41.6 Å². The van der Waals surface area contributed by atoms with Gasteiger partial charge in [0, 0.05) is 125 Å². The van der Waals surface area contributed by atoms with Gasteiger partial charge >= 0.3 is 5.97 Å². The Labute approximate surface area is 467 Å². The molecule has 0 saturated heterocycles. The maximum atomic E-state index is 12.8. The number of esters is 1. The lowest BCUT2D eigenvalue weighted by Crippen LogP contribution is -2.39. The number of pyridine rings is 6. The van der Waals surface area contributed by atoms with Gasteiger partial charge in [0.1, 0.15) is 16.9 Å². The number of aromatic amines is 2. The van der Waals surface area contributed by atoms with Crippen LogP contribution in [0.4, 0.5) is 17.1 Å². The Hall–Kier alpha value is -8.44. The smallest absolute Gasteiger partial charge is 0.306 e. The number of H-pyrrole nitrogens is 2. The van der Waals surface area contributed by atoms with Gasteiger partial charge in [-0.15, -0.1) is 0 Å². The lowest BCUT2D eigenvalue weighted by atomic mass is 9.78. The number of halogens is 1. The van der Waals surface area contributed by atoms with Crippen LogP contribution in [-0.4, -0.2) is 97.7 Å². The number of ether oxygens (including phenoxy) is 1. The van der Waals surface area contributed by atoms with Crippen LogP contribution in [0.3, 0.4) is 0 Å². The topological polar surface area (TPSA) is 290 Å². The van der Waals surface area contributed by atoms with Crippen LogP contribution in [0.15, 0.2) is 120 Å². The van der Waals surface area contributed by atoms with Crippen LogP contribution in [0, 0.1) is 29.7 Å². The van der Waals surface area contributed by atoms with Crippen molar-refractivity contribution < 1.29 is 36.0 Å². The fraction of sp³-hybridized carbons (Fsp3) is 0.316. The number of fused-ring (bicyclic) bond motifs is 2. The number of sulfone groups is 1. The van der Waals surface area contributed by atoms with Crippen molar-refractivity contribution in [3.05, 3.63) is 138 Å². The molecule has 0 atom stereocenters. The molecule has 4 N–H and O–H groups in total. The molecule has 10 rings (SSSR count). The predicted molar refractivity (Wildman–Crippen MR) is 303 cm³/mol. The molecule has 0 amide bonds. The molecule has 2 saturated carbocycles. The van der Waals surface area contributed by atoms with Crippen LogP contribution < -0.4 is 10.6 Å². The molecule has 0 spiro atoms. The SMILES string of the molecule is CCC(=O)c1ccnc(-c2cnc3[nH]ccc3c2NC2CC(CC(=O)OC(C)(C)C)C2)c1.CCC(=O)c1ccnc(-c2cnc3[nH]ccc3c2NC2CC(CS(=O)(=O)c3cc(C#N)ccn3)C2)c1.[C-]#[N+]c1ccnc(S(=O)(=O)Cl)c1. The van der Waals surface area contributed by atoms with E-state index in [2.05, 4.69) is 55.4 Å². The van der Waals surface area contributed by atoms with E-state index in [0.29, 0.717) is 60.5 Å². The van der Waals surface area contributed by atoms with Gasteiger partial charge in [0.05, 0.1) is 46.7 Å². The van der Waals surface area contributed by atoms with Gasteiger partial charge in [-0.3, -0.25) is 24.4 Å².